The molecule has 0 bridgehead atoms. The Labute approximate surface area is 178 Å². The van der Waals surface area contributed by atoms with Gasteiger partial charge in [-0.25, -0.2) is 9.48 Å². The molecule has 0 saturated heterocycles. The summed E-state index contributed by atoms with van der Waals surface area (Å²) in [5, 5.41) is 12.6. The maximum Gasteiger partial charge on any atom is 0.319 e. The molecule has 0 radical (unpaired) electrons. The van der Waals surface area contributed by atoms with E-state index in [1.54, 1.807) is 53.4 Å². The summed E-state index contributed by atoms with van der Waals surface area (Å²) in [5.41, 5.74) is 3.26. The molecule has 0 atom stereocenters. The van der Waals surface area contributed by atoms with Crippen molar-refractivity contribution in [3.8, 4) is 5.69 Å². The average Bonchev–Trinajstić information content (AvgIpc) is 3.44. The van der Waals surface area contributed by atoms with Crippen molar-refractivity contribution in [3.63, 3.8) is 0 Å². The Balaban J connectivity index is 1.34. The highest BCUT2D eigenvalue weighted by atomic mass is 16.3. The molecule has 8 heteroatoms. The SMILES string of the molecule is Cc1cc(C(=O)Nc2ccc(NC(=O)NCc3ccco3)cc2)nn1-c1ccccc1. The molecule has 31 heavy (non-hydrogen) atoms. The Bertz CT molecular complexity index is 1170. The molecule has 2 heterocycles. The molecule has 156 valence electrons. The van der Waals surface area contributed by atoms with E-state index in [0.717, 1.165) is 11.4 Å². The van der Waals surface area contributed by atoms with E-state index in [-0.39, 0.29) is 11.9 Å². The Morgan fingerprint density at radius 2 is 1.65 bits per heavy atom. The summed E-state index contributed by atoms with van der Waals surface area (Å²) < 4.78 is 6.89. The molecule has 0 unspecified atom stereocenters. The molecule has 4 aromatic rings. The van der Waals surface area contributed by atoms with Crippen molar-refractivity contribution in [3.05, 3.63) is 96.2 Å². The first kappa shape index (κ1) is 20.0. The fourth-order valence-electron chi connectivity index (χ4n) is 3.00. The number of benzene rings is 2. The van der Waals surface area contributed by atoms with E-state index in [2.05, 4.69) is 21.0 Å². The first-order valence-electron chi connectivity index (χ1n) is 9.69. The predicted octanol–water partition coefficient (Wildman–Crippen LogP) is 4.35. The molecule has 0 aliphatic heterocycles. The number of aryl methyl sites for hydroxylation is 1. The average molecular weight is 415 g/mol. The van der Waals surface area contributed by atoms with Crippen LogP contribution in [-0.4, -0.2) is 21.7 Å². The van der Waals surface area contributed by atoms with E-state index < -0.39 is 0 Å². The van der Waals surface area contributed by atoms with E-state index in [9.17, 15) is 9.59 Å². The largest absolute Gasteiger partial charge is 0.467 e. The van der Waals surface area contributed by atoms with Gasteiger partial charge in [-0.1, -0.05) is 18.2 Å². The molecule has 2 aromatic carbocycles. The molecule has 0 fully saturated rings. The molecule has 0 spiro atoms. The van der Waals surface area contributed by atoms with Gasteiger partial charge >= 0.3 is 6.03 Å². The van der Waals surface area contributed by atoms with E-state index in [4.69, 9.17) is 4.42 Å². The van der Waals surface area contributed by atoms with Crippen LogP contribution in [0.15, 0.2) is 83.5 Å². The lowest BCUT2D eigenvalue weighted by molar-refractivity contribution is 0.102. The van der Waals surface area contributed by atoms with Crippen LogP contribution in [-0.2, 0) is 6.54 Å². The summed E-state index contributed by atoms with van der Waals surface area (Å²) in [4.78, 5) is 24.6. The Kier molecular flexibility index (Phi) is 5.79. The standard InChI is InChI=1S/C23H21N5O3/c1-16-14-21(27-28(16)19-6-3-2-4-7-19)22(29)25-17-9-11-18(12-10-17)26-23(30)24-15-20-8-5-13-31-20/h2-14H,15H2,1H3,(H,25,29)(H2,24,26,30). The van der Waals surface area contributed by atoms with Gasteiger partial charge in [-0.05, 0) is 61.5 Å². The van der Waals surface area contributed by atoms with Crippen molar-refractivity contribution >= 4 is 23.3 Å². The lowest BCUT2D eigenvalue weighted by Gasteiger charge is -2.08. The lowest BCUT2D eigenvalue weighted by atomic mass is 10.2. The Morgan fingerprint density at radius 1 is 0.935 bits per heavy atom. The van der Waals surface area contributed by atoms with Gasteiger partial charge in [0, 0.05) is 17.1 Å². The van der Waals surface area contributed by atoms with Gasteiger partial charge in [0.1, 0.15) is 5.76 Å². The van der Waals surface area contributed by atoms with Gasteiger partial charge < -0.3 is 20.4 Å². The van der Waals surface area contributed by atoms with Crippen LogP contribution in [0.3, 0.4) is 0 Å². The van der Waals surface area contributed by atoms with E-state index in [0.29, 0.717) is 29.4 Å². The van der Waals surface area contributed by atoms with Crippen LogP contribution in [0.5, 0.6) is 0 Å². The highest BCUT2D eigenvalue weighted by Gasteiger charge is 2.13. The number of para-hydroxylation sites is 1. The van der Waals surface area contributed by atoms with Gasteiger partial charge in [-0.3, -0.25) is 4.79 Å². The van der Waals surface area contributed by atoms with Gasteiger partial charge in [0.15, 0.2) is 5.69 Å². The highest BCUT2D eigenvalue weighted by Crippen LogP contribution is 2.16. The number of carbonyl (C=O) groups excluding carboxylic acids is 2. The van der Waals surface area contributed by atoms with Gasteiger partial charge in [0.2, 0.25) is 0 Å². The summed E-state index contributed by atoms with van der Waals surface area (Å²) in [6, 6.07) is 21.4. The first-order chi connectivity index (χ1) is 15.1. The van der Waals surface area contributed by atoms with Crippen LogP contribution in [0.1, 0.15) is 21.9 Å². The van der Waals surface area contributed by atoms with Gasteiger partial charge in [-0.2, -0.15) is 5.10 Å². The molecule has 3 amide bonds. The smallest absolute Gasteiger partial charge is 0.319 e. The topological polar surface area (TPSA) is 101 Å². The Hall–Kier alpha value is -4.33. The first-order valence-corrected chi connectivity index (χ1v) is 9.69. The Morgan fingerprint density at radius 3 is 2.32 bits per heavy atom. The summed E-state index contributed by atoms with van der Waals surface area (Å²) in [5.74, 6) is 0.354. The van der Waals surface area contributed by atoms with E-state index >= 15 is 0 Å². The molecule has 0 aliphatic carbocycles. The maximum absolute atomic E-state index is 12.6. The number of carbonyl (C=O) groups is 2. The van der Waals surface area contributed by atoms with Crippen molar-refractivity contribution in [2.45, 2.75) is 13.5 Å². The third-order valence-electron chi connectivity index (χ3n) is 4.52. The number of hydrogen-bond donors (Lipinski definition) is 3. The molecular formula is C23H21N5O3. The molecule has 3 N–H and O–H groups in total. The highest BCUT2D eigenvalue weighted by molar-refractivity contribution is 6.03. The number of furan rings is 1. The van der Waals surface area contributed by atoms with Crippen LogP contribution < -0.4 is 16.0 Å². The summed E-state index contributed by atoms with van der Waals surface area (Å²) in [7, 11) is 0. The molecular weight excluding hydrogens is 394 g/mol. The van der Waals surface area contributed by atoms with E-state index in [1.165, 1.54) is 0 Å². The molecule has 0 saturated carbocycles. The van der Waals surface area contributed by atoms with Crippen molar-refractivity contribution in [1.82, 2.24) is 15.1 Å². The third-order valence-corrected chi connectivity index (χ3v) is 4.52. The molecule has 8 nitrogen and oxygen atoms in total. The second-order valence-electron chi connectivity index (χ2n) is 6.84. The minimum absolute atomic E-state index is 0.294. The number of nitrogens with one attached hydrogen (secondary N) is 3. The summed E-state index contributed by atoms with van der Waals surface area (Å²) >= 11 is 0. The minimum atomic E-state index is -0.352. The van der Waals surface area contributed by atoms with Gasteiger partial charge in [0.25, 0.3) is 5.91 Å². The van der Waals surface area contributed by atoms with Crippen LogP contribution in [0.4, 0.5) is 16.2 Å². The fourth-order valence-corrected chi connectivity index (χ4v) is 3.00. The zero-order chi connectivity index (χ0) is 21.6. The number of anilines is 2. The van der Waals surface area contributed by atoms with Crippen LogP contribution >= 0.6 is 0 Å². The number of amides is 3. The zero-order valence-corrected chi connectivity index (χ0v) is 16.8. The van der Waals surface area contributed by atoms with Crippen molar-refractivity contribution in [1.29, 1.82) is 0 Å². The van der Waals surface area contributed by atoms with E-state index in [1.807, 2.05) is 37.3 Å². The number of nitrogens with zero attached hydrogens (tertiary/aromatic N) is 2. The molecule has 4 rings (SSSR count). The third kappa shape index (κ3) is 4.99. The van der Waals surface area contributed by atoms with Gasteiger partial charge in [0.05, 0.1) is 18.5 Å². The number of aromatic nitrogens is 2. The molecule has 0 aliphatic rings. The fraction of sp³-hybridized carbons (Fsp3) is 0.0870. The monoisotopic (exact) mass is 415 g/mol. The van der Waals surface area contributed by atoms with Crippen LogP contribution in [0, 0.1) is 6.92 Å². The van der Waals surface area contributed by atoms with Gasteiger partial charge in [-0.15, -0.1) is 0 Å². The van der Waals surface area contributed by atoms with Crippen molar-refractivity contribution in [2.75, 3.05) is 10.6 Å². The summed E-state index contributed by atoms with van der Waals surface area (Å²) in [6.45, 7) is 2.19. The predicted molar refractivity (Wildman–Crippen MR) is 117 cm³/mol. The number of hydrogen-bond acceptors (Lipinski definition) is 4. The number of urea groups is 1. The molecule has 2 aromatic heterocycles. The quantitative estimate of drug-likeness (QED) is 0.436. The second-order valence-corrected chi connectivity index (χ2v) is 6.84. The minimum Gasteiger partial charge on any atom is -0.467 e. The lowest BCUT2D eigenvalue weighted by Crippen LogP contribution is -2.27. The van der Waals surface area contributed by atoms with Crippen LogP contribution in [0.2, 0.25) is 0 Å². The maximum atomic E-state index is 12.6. The normalized spacial score (nSPS) is 10.5. The van der Waals surface area contributed by atoms with Crippen molar-refractivity contribution in [2.24, 2.45) is 0 Å². The zero-order valence-electron chi connectivity index (χ0n) is 16.8. The number of rotatable bonds is 6. The van der Waals surface area contributed by atoms with Crippen molar-refractivity contribution < 1.29 is 14.0 Å². The second kappa shape index (κ2) is 9.00. The van der Waals surface area contributed by atoms with Crippen LogP contribution in [0.25, 0.3) is 5.69 Å². The summed E-state index contributed by atoms with van der Waals surface area (Å²) in [6.07, 6.45) is 1.55.